The first kappa shape index (κ1) is 34.3. The molecule has 256 valence electrons. The highest BCUT2D eigenvalue weighted by molar-refractivity contribution is 5.46. The molecule has 3 saturated carbocycles. The molecule has 0 radical (unpaired) electrons. The molecule has 1 heterocycles. The predicted molar refractivity (Wildman–Crippen MR) is 161 cm³/mol. The molecule has 11 heteroatoms. The summed E-state index contributed by atoms with van der Waals surface area (Å²) in [4.78, 5) is 0. The number of nitriles is 1. The van der Waals surface area contributed by atoms with Gasteiger partial charge < -0.3 is 24.4 Å². The summed E-state index contributed by atoms with van der Waals surface area (Å²) in [6.45, 7) is 6.43. The fraction of sp³-hybridized carbons (Fsp3) is 0.694. The molecule has 1 spiro atoms. The van der Waals surface area contributed by atoms with Gasteiger partial charge in [-0.05, 0) is 73.6 Å². The number of rotatable bonds is 4. The van der Waals surface area contributed by atoms with Crippen molar-refractivity contribution < 1.29 is 46.4 Å². The number of aliphatic hydroxyl groups is 2. The predicted octanol–water partition coefficient (Wildman–Crippen LogP) is 6.80. The van der Waals surface area contributed by atoms with Crippen molar-refractivity contribution in [1.82, 2.24) is 0 Å². The molecule has 1 aromatic carbocycles. The second-order valence-corrected chi connectivity index (χ2v) is 15.3. The Bertz CT molecular complexity index is 1510. The van der Waals surface area contributed by atoms with Crippen molar-refractivity contribution in [3.63, 3.8) is 0 Å². The minimum atomic E-state index is -5.91. The van der Waals surface area contributed by atoms with Crippen molar-refractivity contribution >= 4 is 0 Å². The summed E-state index contributed by atoms with van der Waals surface area (Å²) >= 11 is 0. The van der Waals surface area contributed by atoms with Gasteiger partial charge in [-0.3, -0.25) is 0 Å². The fourth-order valence-electron chi connectivity index (χ4n) is 9.39. The monoisotopic (exact) mass is 663 g/mol. The highest BCUT2D eigenvalue weighted by Gasteiger charge is 2.79. The van der Waals surface area contributed by atoms with E-state index in [0.717, 1.165) is 11.1 Å². The Labute approximate surface area is 272 Å². The molecule has 0 bridgehead atoms. The maximum absolute atomic E-state index is 15.3. The Morgan fingerprint density at radius 2 is 1.64 bits per heavy atom. The summed E-state index contributed by atoms with van der Waals surface area (Å²) < 4.78 is 90.0. The highest BCUT2D eigenvalue weighted by Crippen LogP contribution is 2.71. The molecule has 4 aliphatic carbocycles. The topological polar surface area (TPSA) is 91.9 Å². The zero-order chi connectivity index (χ0) is 34.1. The van der Waals surface area contributed by atoms with Crippen LogP contribution in [0.15, 0.2) is 35.4 Å². The van der Waals surface area contributed by atoms with E-state index in [-0.39, 0.29) is 43.8 Å². The Morgan fingerprint density at radius 3 is 2.28 bits per heavy atom. The molecule has 0 unspecified atom stereocenters. The first-order chi connectivity index (χ1) is 21.9. The number of benzene rings is 1. The van der Waals surface area contributed by atoms with Gasteiger partial charge in [-0.1, -0.05) is 50.3 Å². The maximum atomic E-state index is 15.3. The number of ether oxygens (including phenoxy) is 3. The van der Waals surface area contributed by atoms with E-state index in [4.69, 9.17) is 19.5 Å². The molecule has 6 nitrogen and oxygen atoms in total. The lowest BCUT2D eigenvalue weighted by molar-refractivity contribution is -0.362. The fourth-order valence-corrected chi connectivity index (χ4v) is 9.39. The summed E-state index contributed by atoms with van der Waals surface area (Å²) in [6.07, 6.45) is -4.86. The van der Waals surface area contributed by atoms with Crippen LogP contribution in [0.3, 0.4) is 0 Å². The zero-order valence-electron chi connectivity index (χ0n) is 27.0. The smallest absolute Gasteiger partial charge is 0.385 e. The van der Waals surface area contributed by atoms with Crippen LogP contribution in [0.5, 0.6) is 0 Å². The SMILES string of the molecule is CC1(C)COC2(CCC3=C4[C@@H](CC[C@@]3(O)C2)[C@@H]2CC[C@@](O)(C(F)(F)C(F)(F)F)[C@@]2(C)C[C@@H]4c2ccc(C#CCOCC#N)cc2)OC1. The van der Waals surface area contributed by atoms with E-state index in [1.165, 1.54) is 6.92 Å². The van der Waals surface area contributed by atoms with E-state index in [9.17, 15) is 23.4 Å². The van der Waals surface area contributed by atoms with E-state index in [1.807, 2.05) is 19.9 Å². The van der Waals surface area contributed by atoms with E-state index in [1.54, 1.807) is 24.3 Å². The van der Waals surface area contributed by atoms with Crippen molar-refractivity contribution in [3.8, 4) is 17.9 Å². The largest absolute Gasteiger partial charge is 0.456 e. The summed E-state index contributed by atoms with van der Waals surface area (Å²) in [5.41, 5.74) is -3.45. The molecule has 1 aliphatic heterocycles. The van der Waals surface area contributed by atoms with Crippen LogP contribution in [0.1, 0.15) is 89.2 Å². The lowest BCUT2D eigenvalue weighted by atomic mass is 9.49. The molecule has 2 N–H and O–H groups in total. The van der Waals surface area contributed by atoms with Crippen LogP contribution in [-0.4, -0.2) is 65.7 Å². The van der Waals surface area contributed by atoms with Crippen LogP contribution in [0.25, 0.3) is 0 Å². The van der Waals surface area contributed by atoms with Gasteiger partial charge in [-0.15, -0.1) is 0 Å². The Balaban J connectivity index is 1.41. The molecule has 0 amide bonds. The van der Waals surface area contributed by atoms with Gasteiger partial charge >= 0.3 is 12.1 Å². The third kappa shape index (κ3) is 5.51. The normalized spacial score (nSPS) is 36.1. The quantitative estimate of drug-likeness (QED) is 0.159. The first-order valence-corrected chi connectivity index (χ1v) is 16.4. The van der Waals surface area contributed by atoms with Crippen molar-refractivity contribution in [2.45, 2.75) is 107 Å². The minimum Gasteiger partial charge on any atom is -0.385 e. The molecule has 47 heavy (non-hydrogen) atoms. The van der Waals surface area contributed by atoms with Crippen molar-refractivity contribution in [3.05, 3.63) is 46.5 Å². The van der Waals surface area contributed by atoms with Gasteiger partial charge in [0.15, 0.2) is 5.79 Å². The Kier molecular flexibility index (Phi) is 8.42. The Morgan fingerprint density at radius 1 is 0.957 bits per heavy atom. The van der Waals surface area contributed by atoms with Crippen LogP contribution >= 0.6 is 0 Å². The summed E-state index contributed by atoms with van der Waals surface area (Å²) in [5.74, 6) is -2.10. The molecule has 4 fully saturated rings. The van der Waals surface area contributed by atoms with Crippen molar-refractivity contribution in [2.24, 2.45) is 22.7 Å². The first-order valence-electron chi connectivity index (χ1n) is 16.4. The van der Waals surface area contributed by atoms with Crippen LogP contribution in [-0.2, 0) is 14.2 Å². The van der Waals surface area contributed by atoms with E-state index in [0.29, 0.717) is 50.0 Å². The number of alkyl halides is 5. The van der Waals surface area contributed by atoms with E-state index < -0.39 is 52.8 Å². The van der Waals surface area contributed by atoms with Gasteiger partial charge in [0, 0.05) is 35.2 Å². The van der Waals surface area contributed by atoms with Crippen LogP contribution < -0.4 is 0 Å². The van der Waals surface area contributed by atoms with Crippen LogP contribution in [0, 0.1) is 45.8 Å². The average molecular weight is 664 g/mol. The maximum Gasteiger partial charge on any atom is 0.456 e. The molecule has 1 aromatic rings. The number of nitrogens with zero attached hydrogens (tertiary/aromatic N) is 1. The van der Waals surface area contributed by atoms with Crippen molar-refractivity contribution in [2.75, 3.05) is 26.4 Å². The highest BCUT2D eigenvalue weighted by atomic mass is 19.4. The third-order valence-corrected chi connectivity index (χ3v) is 11.8. The molecular weight excluding hydrogens is 621 g/mol. The van der Waals surface area contributed by atoms with Gasteiger partial charge in [0.05, 0.1) is 24.9 Å². The van der Waals surface area contributed by atoms with E-state index >= 15 is 8.78 Å². The lowest BCUT2D eigenvalue weighted by Gasteiger charge is -2.59. The molecule has 5 aliphatic rings. The number of allylic oxidation sites excluding steroid dienone is 1. The number of hydrogen-bond donors (Lipinski definition) is 2. The summed E-state index contributed by atoms with van der Waals surface area (Å²) in [6, 6.07) is 8.96. The van der Waals surface area contributed by atoms with Gasteiger partial charge in [0.1, 0.15) is 18.8 Å². The molecule has 6 rings (SSSR count). The molecule has 0 aromatic heterocycles. The number of hydrogen-bond acceptors (Lipinski definition) is 6. The second kappa shape index (κ2) is 11.5. The average Bonchev–Trinajstić information content (AvgIpc) is 3.29. The standard InChI is InChI=1S/C36H42F5NO5/c1-30(2)21-46-33(47-22-30)14-11-28-29-25(10-13-32(28,43)20-33)27-12-15-34(44,35(37,38)36(39,40)41)31(27,3)19-26(29)24-8-6-23(7-9-24)5-4-17-45-18-16-42/h6-9,25-27,43-44H,10-15,17-22H2,1-3H3/t25-,26+,27-,31-,32+,34-/m0/s1. The second-order valence-electron chi connectivity index (χ2n) is 15.3. The molecule has 6 atom stereocenters. The van der Waals surface area contributed by atoms with Crippen LogP contribution in [0.4, 0.5) is 22.0 Å². The van der Waals surface area contributed by atoms with E-state index in [2.05, 4.69) is 11.8 Å². The summed E-state index contributed by atoms with van der Waals surface area (Å²) in [5, 5.41) is 32.5. The van der Waals surface area contributed by atoms with Crippen molar-refractivity contribution in [1.29, 1.82) is 5.26 Å². The lowest BCUT2D eigenvalue weighted by Crippen LogP contribution is -2.65. The zero-order valence-corrected chi connectivity index (χ0v) is 27.0. The third-order valence-electron chi connectivity index (χ3n) is 11.8. The van der Waals surface area contributed by atoms with Crippen LogP contribution in [0.2, 0.25) is 0 Å². The number of fused-ring (bicyclic) bond motifs is 4. The molecular formula is C36H42F5NO5. The number of halogens is 5. The van der Waals surface area contributed by atoms with Gasteiger partial charge in [-0.25, -0.2) is 0 Å². The Hall–Kier alpha value is -2.54. The molecule has 1 saturated heterocycles. The minimum absolute atomic E-state index is 0.0267. The van der Waals surface area contributed by atoms with Gasteiger partial charge in [0.25, 0.3) is 0 Å². The summed E-state index contributed by atoms with van der Waals surface area (Å²) in [7, 11) is 0. The van der Waals surface area contributed by atoms with Gasteiger partial charge in [0.2, 0.25) is 0 Å². The van der Waals surface area contributed by atoms with Gasteiger partial charge in [-0.2, -0.15) is 27.2 Å².